The van der Waals surface area contributed by atoms with Crippen molar-refractivity contribution >= 4 is 33.1 Å². The maximum atomic E-state index is 12.9. The quantitative estimate of drug-likeness (QED) is 0.415. The third-order valence-corrected chi connectivity index (χ3v) is 5.40. The molecule has 1 amide bonds. The number of aryl methyl sites for hydroxylation is 1. The van der Waals surface area contributed by atoms with Gasteiger partial charge in [0.25, 0.3) is 5.91 Å². The molecule has 29 heavy (non-hydrogen) atoms. The zero-order valence-corrected chi connectivity index (χ0v) is 16.1. The topological polar surface area (TPSA) is 42.0 Å². The summed E-state index contributed by atoms with van der Waals surface area (Å²) in [7, 11) is 0. The van der Waals surface area contributed by atoms with Crippen LogP contribution in [0.4, 0.5) is 18.9 Å². The standard InChI is InChI=1S/C22H15F3N2OS/c1-13-5-7-17(11-18(13)14-6-8-20-19(10-14)26-12-29-20)27-21(28)15-3-2-4-16(9-15)22(23,24)25/h2-12H,1H3,(H,27,28). The summed E-state index contributed by atoms with van der Waals surface area (Å²) in [6.07, 6.45) is -4.50. The van der Waals surface area contributed by atoms with Gasteiger partial charge in [0.2, 0.25) is 0 Å². The number of amides is 1. The second-order valence-corrected chi connectivity index (χ2v) is 7.48. The van der Waals surface area contributed by atoms with Gasteiger partial charge < -0.3 is 5.32 Å². The Morgan fingerprint density at radius 3 is 2.66 bits per heavy atom. The Balaban J connectivity index is 1.63. The van der Waals surface area contributed by atoms with Gasteiger partial charge in [-0.25, -0.2) is 4.98 Å². The highest BCUT2D eigenvalue weighted by atomic mass is 32.1. The summed E-state index contributed by atoms with van der Waals surface area (Å²) in [5, 5.41) is 2.69. The zero-order valence-electron chi connectivity index (χ0n) is 15.2. The number of thiazole rings is 1. The van der Waals surface area contributed by atoms with Gasteiger partial charge in [-0.1, -0.05) is 18.2 Å². The summed E-state index contributed by atoms with van der Waals surface area (Å²) in [6, 6.07) is 15.7. The summed E-state index contributed by atoms with van der Waals surface area (Å²) >= 11 is 1.56. The van der Waals surface area contributed by atoms with Crippen molar-refractivity contribution in [3.63, 3.8) is 0 Å². The number of fused-ring (bicyclic) bond motifs is 1. The van der Waals surface area contributed by atoms with Gasteiger partial charge in [-0.2, -0.15) is 13.2 Å². The molecule has 0 saturated heterocycles. The van der Waals surface area contributed by atoms with Crippen LogP contribution in [0.5, 0.6) is 0 Å². The molecule has 0 aliphatic rings. The first-order valence-corrected chi connectivity index (χ1v) is 9.62. The smallest absolute Gasteiger partial charge is 0.322 e. The van der Waals surface area contributed by atoms with E-state index in [0.29, 0.717) is 5.69 Å². The molecule has 3 nitrogen and oxygen atoms in total. The van der Waals surface area contributed by atoms with Crippen LogP contribution in [-0.4, -0.2) is 10.9 Å². The van der Waals surface area contributed by atoms with E-state index in [1.165, 1.54) is 12.1 Å². The minimum Gasteiger partial charge on any atom is -0.322 e. The molecule has 0 saturated carbocycles. The second-order valence-electron chi connectivity index (χ2n) is 6.60. The van der Waals surface area contributed by atoms with E-state index in [9.17, 15) is 18.0 Å². The highest BCUT2D eigenvalue weighted by molar-refractivity contribution is 7.16. The molecule has 0 aliphatic heterocycles. The Morgan fingerprint density at radius 1 is 1.03 bits per heavy atom. The van der Waals surface area contributed by atoms with Crippen LogP contribution in [0.2, 0.25) is 0 Å². The van der Waals surface area contributed by atoms with E-state index < -0.39 is 17.6 Å². The number of hydrogen-bond donors (Lipinski definition) is 1. The average molecular weight is 412 g/mol. The molecule has 0 atom stereocenters. The Bertz CT molecular complexity index is 1210. The van der Waals surface area contributed by atoms with Crippen LogP contribution in [-0.2, 0) is 6.18 Å². The maximum absolute atomic E-state index is 12.9. The molecule has 0 spiro atoms. The van der Waals surface area contributed by atoms with E-state index in [0.717, 1.165) is 39.0 Å². The van der Waals surface area contributed by atoms with E-state index in [4.69, 9.17) is 0 Å². The molecule has 4 aromatic rings. The molecule has 0 aliphatic carbocycles. The molecule has 0 fully saturated rings. The predicted octanol–water partition coefficient (Wildman–Crippen LogP) is 6.54. The van der Waals surface area contributed by atoms with Gasteiger partial charge in [0, 0.05) is 11.3 Å². The van der Waals surface area contributed by atoms with Gasteiger partial charge in [-0.05, 0) is 66.1 Å². The first-order valence-electron chi connectivity index (χ1n) is 8.74. The fourth-order valence-electron chi connectivity index (χ4n) is 3.08. The molecule has 1 aromatic heterocycles. The number of hydrogen-bond acceptors (Lipinski definition) is 3. The van der Waals surface area contributed by atoms with Crippen LogP contribution in [0.25, 0.3) is 21.3 Å². The molecule has 1 heterocycles. The Labute approximate surface area is 168 Å². The van der Waals surface area contributed by atoms with Gasteiger partial charge >= 0.3 is 6.18 Å². The number of carbonyl (C=O) groups excluding carboxylic acids is 1. The lowest BCUT2D eigenvalue weighted by Crippen LogP contribution is -2.14. The predicted molar refractivity (Wildman–Crippen MR) is 109 cm³/mol. The van der Waals surface area contributed by atoms with Crippen molar-refractivity contribution in [1.82, 2.24) is 4.98 Å². The van der Waals surface area contributed by atoms with E-state index >= 15 is 0 Å². The summed E-state index contributed by atoms with van der Waals surface area (Å²) in [4.78, 5) is 16.8. The van der Waals surface area contributed by atoms with Crippen LogP contribution in [0.1, 0.15) is 21.5 Å². The zero-order chi connectivity index (χ0) is 20.6. The average Bonchev–Trinajstić information content (AvgIpc) is 3.16. The van der Waals surface area contributed by atoms with Gasteiger partial charge in [0.15, 0.2) is 0 Å². The number of carbonyl (C=O) groups is 1. The SMILES string of the molecule is Cc1ccc(NC(=O)c2cccc(C(F)(F)F)c2)cc1-c1ccc2scnc2c1. The van der Waals surface area contributed by atoms with Crippen LogP contribution in [0.15, 0.2) is 66.2 Å². The summed E-state index contributed by atoms with van der Waals surface area (Å²) in [5.74, 6) is -0.596. The lowest BCUT2D eigenvalue weighted by molar-refractivity contribution is -0.137. The molecule has 146 valence electrons. The van der Waals surface area contributed by atoms with E-state index in [2.05, 4.69) is 10.3 Å². The number of aromatic nitrogens is 1. The summed E-state index contributed by atoms with van der Waals surface area (Å²) < 4.78 is 39.8. The number of anilines is 1. The van der Waals surface area contributed by atoms with E-state index in [1.54, 1.807) is 22.9 Å². The summed E-state index contributed by atoms with van der Waals surface area (Å²) in [6.45, 7) is 1.96. The summed E-state index contributed by atoms with van der Waals surface area (Å²) in [5.41, 5.74) is 5.16. The van der Waals surface area contributed by atoms with Crippen LogP contribution in [0, 0.1) is 6.92 Å². The van der Waals surface area contributed by atoms with Gasteiger partial charge in [-0.3, -0.25) is 4.79 Å². The number of benzene rings is 3. The highest BCUT2D eigenvalue weighted by Gasteiger charge is 2.30. The highest BCUT2D eigenvalue weighted by Crippen LogP contribution is 2.31. The molecule has 0 unspecified atom stereocenters. The number of nitrogens with one attached hydrogen (secondary N) is 1. The Morgan fingerprint density at radius 2 is 1.86 bits per heavy atom. The molecule has 3 aromatic carbocycles. The molecule has 0 radical (unpaired) electrons. The van der Waals surface area contributed by atoms with Gasteiger partial charge in [0.05, 0.1) is 21.3 Å². The monoisotopic (exact) mass is 412 g/mol. The van der Waals surface area contributed by atoms with E-state index in [1.807, 2.05) is 37.3 Å². The molecule has 7 heteroatoms. The Hall–Kier alpha value is -3.19. The van der Waals surface area contributed by atoms with Crippen molar-refractivity contribution in [2.24, 2.45) is 0 Å². The lowest BCUT2D eigenvalue weighted by atomic mass is 9.99. The lowest BCUT2D eigenvalue weighted by Gasteiger charge is -2.12. The fraction of sp³-hybridized carbons (Fsp3) is 0.0909. The second kappa shape index (κ2) is 7.33. The van der Waals surface area contributed by atoms with Crippen molar-refractivity contribution in [3.05, 3.63) is 82.9 Å². The molecular weight excluding hydrogens is 397 g/mol. The number of halogens is 3. The first-order chi connectivity index (χ1) is 13.8. The molecule has 0 bridgehead atoms. The van der Waals surface area contributed by atoms with Crippen molar-refractivity contribution in [2.45, 2.75) is 13.1 Å². The minimum atomic E-state index is -4.50. The fourth-order valence-corrected chi connectivity index (χ4v) is 3.73. The van der Waals surface area contributed by atoms with Crippen LogP contribution >= 0.6 is 11.3 Å². The van der Waals surface area contributed by atoms with Crippen molar-refractivity contribution in [1.29, 1.82) is 0 Å². The number of nitrogens with zero attached hydrogens (tertiary/aromatic N) is 1. The number of alkyl halides is 3. The normalized spacial score (nSPS) is 11.6. The largest absolute Gasteiger partial charge is 0.416 e. The van der Waals surface area contributed by atoms with Crippen LogP contribution in [0.3, 0.4) is 0 Å². The van der Waals surface area contributed by atoms with Gasteiger partial charge in [0.1, 0.15) is 0 Å². The third-order valence-electron chi connectivity index (χ3n) is 4.59. The minimum absolute atomic E-state index is 0.0501. The molecule has 4 rings (SSSR count). The van der Waals surface area contributed by atoms with Crippen molar-refractivity contribution < 1.29 is 18.0 Å². The van der Waals surface area contributed by atoms with Gasteiger partial charge in [-0.15, -0.1) is 11.3 Å². The third kappa shape index (κ3) is 4.00. The number of rotatable bonds is 3. The molecule has 1 N–H and O–H groups in total. The molecular formula is C22H15F3N2OS. The Kier molecular flexibility index (Phi) is 4.84. The maximum Gasteiger partial charge on any atom is 0.416 e. The van der Waals surface area contributed by atoms with Crippen molar-refractivity contribution in [2.75, 3.05) is 5.32 Å². The van der Waals surface area contributed by atoms with Crippen LogP contribution < -0.4 is 5.32 Å². The van der Waals surface area contributed by atoms with E-state index in [-0.39, 0.29) is 5.56 Å². The van der Waals surface area contributed by atoms with Crippen molar-refractivity contribution in [3.8, 4) is 11.1 Å². The first kappa shape index (κ1) is 19.1.